The van der Waals surface area contributed by atoms with Crippen LogP contribution in [0.4, 0.5) is 37.5 Å². The molecule has 0 radical (unpaired) electrons. The fourth-order valence-corrected chi connectivity index (χ4v) is 3.64. The third-order valence-electron chi connectivity index (χ3n) is 5.00. The second-order valence-corrected chi connectivity index (χ2v) is 8.30. The molecule has 2 saturated carbocycles. The molecule has 0 bridgehead atoms. The molecular weight excluding hydrogens is 491 g/mol. The van der Waals surface area contributed by atoms with Crippen LogP contribution in [0.1, 0.15) is 77.7 Å². The predicted octanol–water partition coefficient (Wildman–Crippen LogP) is 6.73. The summed E-state index contributed by atoms with van der Waals surface area (Å²) in [6, 6.07) is 7.84. The van der Waals surface area contributed by atoms with E-state index in [1.54, 1.807) is 11.8 Å². The summed E-state index contributed by atoms with van der Waals surface area (Å²) in [7, 11) is 0. The Labute approximate surface area is 257 Å². The van der Waals surface area contributed by atoms with Crippen molar-refractivity contribution in [2.45, 2.75) is 83.5 Å². The summed E-state index contributed by atoms with van der Waals surface area (Å²) in [5.41, 5.74) is 10.9. The van der Waals surface area contributed by atoms with Gasteiger partial charge >= 0.3 is 51.4 Å². The second kappa shape index (κ2) is 19.4. The van der Waals surface area contributed by atoms with Crippen molar-refractivity contribution in [3.63, 3.8) is 0 Å². The molecule has 1 aromatic carbocycles. The van der Waals surface area contributed by atoms with Gasteiger partial charge in [0, 0.05) is 10.7 Å². The molecule has 2 aromatic rings. The van der Waals surface area contributed by atoms with Gasteiger partial charge in [0.15, 0.2) is 0 Å². The summed E-state index contributed by atoms with van der Waals surface area (Å²) in [6.07, 6.45) is 7.73. The fraction of sp³-hybridized carbons (Fsp3) is 0.538. The standard InChI is InChI=1S/C19H22F2N5S.C3H6.2C2H6.K/c1-23-18-14(9-17(22)26-19(18)24-10-16(20)21)25-13-7-6-12(8-15(13)27-2)11-4-3-5-11;1-2-3-1;2*1-2;/h6-9,11,16H,1,3-5,10H2,2H3,(H3-,22,24,25,26);1-3H2;2*1-2H3;/q-1;;;;+1. The van der Waals surface area contributed by atoms with Crippen LogP contribution in [-0.4, -0.2) is 30.9 Å². The van der Waals surface area contributed by atoms with Crippen molar-refractivity contribution in [2.24, 2.45) is 4.99 Å². The van der Waals surface area contributed by atoms with E-state index in [2.05, 4.69) is 39.5 Å². The minimum absolute atomic E-state index is 0. The molecule has 9 heteroatoms. The molecule has 0 saturated heterocycles. The summed E-state index contributed by atoms with van der Waals surface area (Å²) in [5, 5.41) is 5.81. The summed E-state index contributed by atoms with van der Waals surface area (Å²) < 4.78 is 25.1. The van der Waals surface area contributed by atoms with Gasteiger partial charge in [-0.2, -0.15) is 0 Å². The van der Waals surface area contributed by atoms with Gasteiger partial charge in [-0.1, -0.05) is 65.3 Å². The topological polar surface area (TPSA) is 73.1 Å². The molecule has 0 unspecified atom stereocenters. The van der Waals surface area contributed by atoms with Crippen molar-refractivity contribution in [3.8, 4) is 0 Å². The van der Waals surface area contributed by atoms with Gasteiger partial charge in [-0.05, 0) is 55.5 Å². The number of nitrogens with one attached hydrogen (secondary N) is 3. The smallest absolute Gasteiger partial charge is 0.482 e. The van der Waals surface area contributed by atoms with Gasteiger partial charge in [0.2, 0.25) is 0 Å². The largest absolute Gasteiger partial charge is 1.00 e. The molecule has 2 aliphatic carbocycles. The third kappa shape index (κ3) is 11.9. The van der Waals surface area contributed by atoms with Gasteiger partial charge in [-0.25, -0.2) is 8.78 Å². The summed E-state index contributed by atoms with van der Waals surface area (Å²) >= 11 is 1.63. The second-order valence-electron chi connectivity index (χ2n) is 7.46. The first kappa shape index (κ1) is 34.3. The van der Waals surface area contributed by atoms with Crippen molar-refractivity contribution in [1.82, 2.24) is 4.98 Å². The Kier molecular flexibility index (Phi) is 19.0. The molecule has 2 aliphatic rings. The average Bonchev–Trinajstić information content (AvgIpc) is 3.69. The van der Waals surface area contributed by atoms with Gasteiger partial charge in [0.1, 0.15) is 5.69 Å². The van der Waals surface area contributed by atoms with Crippen molar-refractivity contribution < 1.29 is 60.2 Å². The molecule has 35 heavy (non-hydrogen) atoms. The van der Waals surface area contributed by atoms with Crippen LogP contribution in [0, 0.1) is 0 Å². The Bertz CT molecular complexity index is 874. The van der Waals surface area contributed by atoms with E-state index >= 15 is 0 Å². The number of halogens is 2. The van der Waals surface area contributed by atoms with E-state index in [1.807, 2.05) is 40.0 Å². The number of anilines is 3. The molecule has 0 atom stereocenters. The Balaban J connectivity index is 0.00000128. The van der Waals surface area contributed by atoms with Crippen LogP contribution in [0.2, 0.25) is 0 Å². The number of aromatic nitrogens is 1. The van der Waals surface area contributed by atoms with Gasteiger partial charge in [0.05, 0.1) is 17.9 Å². The molecule has 190 valence electrons. The first-order chi connectivity index (χ1) is 16.5. The normalized spacial score (nSPS) is 13.3. The predicted molar refractivity (Wildman–Crippen MR) is 147 cm³/mol. The molecule has 1 heterocycles. The van der Waals surface area contributed by atoms with Crippen molar-refractivity contribution in [3.05, 3.63) is 35.6 Å². The van der Waals surface area contributed by atoms with Crippen LogP contribution in [-0.2, 0) is 0 Å². The van der Waals surface area contributed by atoms with Gasteiger partial charge < -0.3 is 21.4 Å². The number of aliphatic imine (C=N–C) groups is 1. The Morgan fingerprint density at radius 1 is 1.09 bits per heavy atom. The Morgan fingerprint density at radius 3 is 2.17 bits per heavy atom. The third-order valence-corrected chi connectivity index (χ3v) is 5.78. The molecule has 3 N–H and O–H groups in total. The maximum Gasteiger partial charge on any atom is 1.00 e. The monoisotopic (exact) mass is 531 g/mol. The summed E-state index contributed by atoms with van der Waals surface area (Å²) in [4.78, 5) is 8.98. The van der Waals surface area contributed by atoms with Crippen LogP contribution < -0.4 is 62.0 Å². The quantitative estimate of drug-likeness (QED) is 0.225. The fourth-order valence-electron chi connectivity index (χ4n) is 3.04. The van der Waals surface area contributed by atoms with Gasteiger partial charge in [-0.15, -0.1) is 11.8 Å². The first-order valence-corrected chi connectivity index (χ1v) is 13.4. The number of hydrogen-bond donors (Lipinski definition) is 2. The molecule has 5 nitrogen and oxygen atoms in total. The average molecular weight is 532 g/mol. The van der Waals surface area contributed by atoms with Crippen LogP contribution in [0.5, 0.6) is 0 Å². The van der Waals surface area contributed by atoms with Crippen molar-refractivity contribution in [2.75, 3.05) is 23.4 Å². The number of pyridine rings is 1. The summed E-state index contributed by atoms with van der Waals surface area (Å²) in [5.74, 6) is 0.719. The van der Waals surface area contributed by atoms with E-state index in [0.717, 1.165) is 10.6 Å². The molecular formula is C26H40F2KN5S. The first-order valence-electron chi connectivity index (χ1n) is 12.2. The number of alkyl halides is 2. The SMILES string of the molecule is C1CC1.C=Nc1c(Nc2ccc(C3CCC3)cc2SC)cc([NH-])nc1NCC(F)F.CC.CC.[K+]. The van der Waals surface area contributed by atoms with Crippen LogP contribution in [0.3, 0.4) is 0 Å². The van der Waals surface area contributed by atoms with E-state index in [1.165, 1.54) is 50.2 Å². The number of nitrogens with zero attached hydrogens (tertiary/aromatic N) is 2. The molecule has 0 aliphatic heterocycles. The van der Waals surface area contributed by atoms with Gasteiger partial charge in [-0.3, -0.25) is 4.99 Å². The molecule has 2 fully saturated rings. The van der Waals surface area contributed by atoms with Gasteiger partial charge in [0.25, 0.3) is 6.43 Å². The Hall–Kier alpha value is -0.714. The maximum atomic E-state index is 12.5. The van der Waals surface area contributed by atoms with E-state index in [0.29, 0.717) is 17.3 Å². The number of rotatable bonds is 8. The van der Waals surface area contributed by atoms with Crippen molar-refractivity contribution >= 4 is 47.2 Å². The molecule has 0 spiro atoms. The molecule has 0 amide bonds. The number of hydrogen-bond acceptors (Lipinski definition) is 5. The van der Waals surface area contributed by atoms with Crippen LogP contribution in [0.25, 0.3) is 5.73 Å². The van der Waals surface area contributed by atoms with Crippen LogP contribution in [0.15, 0.2) is 34.2 Å². The van der Waals surface area contributed by atoms with Crippen molar-refractivity contribution in [1.29, 1.82) is 0 Å². The zero-order valence-corrected chi connectivity index (χ0v) is 26.1. The molecule has 4 rings (SSSR count). The maximum absolute atomic E-state index is 12.5. The van der Waals surface area contributed by atoms with E-state index in [-0.39, 0.29) is 63.0 Å². The van der Waals surface area contributed by atoms with Crippen LogP contribution >= 0.6 is 11.8 Å². The number of benzene rings is 1. The minimum Gasteiger partial charge on any atom is -0.482 e. The molecule has 1 aromatic heterocycles. The van der Waals surface area contributed by atoms with E-state index in [4.69, 9.17) is 5.73 Å². The zero-order valence-electron chi connectivity index (χ0n) is 22.2. The van der Waals surface area contributed by atoms with E-state index in [9.17, 15) is 8.78 Å². The Morgan fingerprint density at radius 2 is 1.71 bits per heavy atom. The number of thioether (sulfide) groups is 1. The zero-order chi connectivity index (χ0) is 25.5. The minimum atomic E-state index is -2.53. The summed E-state index contributed by atoms with van der Waals surface area (Å²) in [6.45, 7) is 11.0. The van der Waals surface area contributed by atoms with E-state index < -0.39 is 13.0 Å².